The van der Waals surface area contributed by atoms with Crippen LogP contribution in [0.1, 0.15) is 6.42 Å². The first-order chi connectivity index (χ1) is 13.5. The summed E-state index contributed by atoms with van der Waals surface area (Å²) in [6.07, 6.45) is 1.39. The molecule has 0 fully saturated rings. The number of para-hydroxylation sites is 1. The molecule has 28 heavy (non-hydrogen) atoms. The Kier molecular flexibility index (Phi) is 5.83. The summed E-state index contributed by atoms with van der Waals surface area (Å²) < 4.78 is 35.6. The smallest absolute Gasteiger partial charge is 0.387 e. The fourth-order valence-corrected chi connectivity index (χ4v) is 2.65. The predicted octanol–water partition coefficient (Wildman–Crippen LogP) is 3.04. The first-order valence-corrected chi connectivity index (χ1v) is 8.35. The van der Waals surface area contributed by atoms with Gasteiger partial charge in [0.05, 0.1) is 24.3 Å². The van der Waals surface area contributed by atoms with Gasteiger partial charge in [0.2, 0.25) is 5.91 Å². The summed E-state index contributed by atoms with van der Waals surface area (Å²) in [7, 11) is 1.32. The molecule has 0 atom stereocenters. The Bertz CT molecular complexity index is 1050. The second kappa shape index (κ2) is 8.47. The van der Waals surface area contributed by atoms with Crippen molar-refractivity contribution in [1.29, 1.82) is 0 Å². The van der Waals surface area contributed by atoms with Crippen molar-refractivity contribution >= 4 is 22.5 Å². The molecule has 0 saturated carbocycles. The number of methoxy groups -OCH3 is 1. The summed E-state index contributed by atoms with van der Waals surface area (Å²) in [5, 5.41) is 3.05. The van der Waals surface area contributed by atoms with Crippen LogP contribution >= 0.6 is 0 Å². The lowest BCUT2D eigenvalue weighted by atomic mass is 10.2. The molecule has 0 spiro atoms. The van der Waals surface area contributed by atoms with Crippen LogP contribution in [0.5, 0.6) is 11.5 Å². The number of carbonyl (C=O) groups is 1. The second-order valence-corrected chi connectivity index (χ2v) is 5.80. The highest BCUT2D eigenvalue weighted by Crippen LogP contribution is 2.31. The maximum atomic E-state index is 12.5. The molecular formula is C19H17F2N3O4. The number of carbonyl (C=O) groups excluding carboxylic acids is 1. The Morgan fingerprint density at radius 2 is 2.00 bits per heavy atom. The van der Waals surface area contributed by atoms with Gasteiger partial charge in [-0.15, -0.1) is 0 Å². The normalized spacial score (nSPS) is 10.9. The van der Waals surface area contributed by atoms with Gasteiger partial charge in [0.1, 0.15) is 0 Å². The number of hydrogen-bond donors (Lipinski definition) is 1. The third-order valence-corrected chi connectivity index (χ3v) is 3.97. The number of hydrogen-bond acceptors (Lipinski definition) is 5. The van der Waals surface area contributed by atoms with Crippen LogP contribution in [0.2, 0.25) is 0 Å². The molecule has 3 aromatic rings. The van der Waals surface area contributed by atoms with Crippen molar-refractivity contribution < 1.29 is 23.0 Å². The molecule has 9 heteroatoms. The van der Waals surface area contributed by atoms with E-state index in [1.165, 1.54) is 36.2 Å². The zero-order valence-corrected chi connectivity index (χ0v) is 14.9. The zero-order chi connectivity index (χ0) is 20.1. The lowest BCUT2D eigenvalue weighted by Crippen LogP contribution is -2.23. The van der Waals surface area contributed by atoms with E-state index in [2.05, 4.69) is 15.0 Å². The molecule has 3 rings (SSSR count). The summed E-state index contributed by atoms with van der Waals surface area (Å²) in [6.45, 7) is -2.90. The van der Waals surface area contributed by atoms with E-state index in [1.54, 1.807) is 24.3 Å². The minimum Gasteiger partial charge on any atom is -0.493 e. The van der Waals surface area contributed by atoms with E-state index in [4.69, 9.17) is 4.74 Å². The minimum atomic E-state index is -3.02. The summed E-state index contributed by atoms with van der Waals surface area (Å²) in [5.74, 6) is -0.467. The molecule has 0 saturated heterocycles. The molecule has 0 radical (unpaired) electrons. The van der Waals surface area contributed by atoms with E-state index in [1.807, 2.05) is 0 Å². The van der Waals surface area contributed by atoms with Crippen LogP contribution in [0, 0.1) is 0 Å². The molecule has 0 aliphatic rings. The highest BCUT2D eigenvalue weighted by Gasteiger charge is 2.13. The molecule has 1 heterocycles. The fraction of sp³-hybridized carbons (Fsp3) is 0.211. The topological polar surface area (TPSA) is 82.5 Å². The van der Waals surface area contributed by atoms with Gasteiger partial charge in [-0.25, -0.2) is 4.98 Å². The number of alkyl halides is 2. The van der Waals surface area contributed by atoms with Gasteiger partial charge in [0, 0.05) is 24.7 Å². The van der Waals surface area contributed by atoms with E-state index in [-0.39, 0.29) is 35.7 Å². The number of anilines is 1. The molecule has 0 unspecified atom stereocenters. The number of halogens is 2. The van der Waals surface area contributed by atoms with Gasteiger partial charge in [-0.2, -0.15) is 8.78 Å². The molecule has 1 amide bonds. The Hall–Kier alpha value is -3.49. The van der Waals surface area contributed by atoms with Crippen LogP contribution in [0.15, 0.2) is 53.6 Å². The summed E-state index contributed by atoms with van der Waals surface area (Å²) in [5.41, 5.74) is 0.610. The van der Waals surface area contributed by atoms with Crippen LogP contribution < -0.4 is 20.3 Å². The molecule has 0 aliphatic heterocycles. The number of nitrogens with zero attached hydrogens (tertiary/aromatic N) is 2. The Labute approximate surface area is 158 Å². The molecular weight excluding hydrogens is 372 g/mol. The lowest BCUT2D eigenvalue weighted by molar-refractivity contribution is -0.116. The van der Waals surface area contributed by atoms with Gasteiger partial charge in [0.25, 0.3) is 5.56 Å². The number of aryl methyl sites for hydroxylation is 1. The van der Waals surface area contributed by atoms with Crippen LogP contribution in [0.4, 0.5) is 14.5 Å². The number of rotatable bonds is 7. The van der Waals surface area contributed by atoms with Crippen molar-refractivity contribution in [1.82, 2.24) is 9.55 Å². The maximum Gasteiger partial charge on any atom is 0.387 e. The van der Waals surface area contributed by atoms with Gasteiger partial charge < -0.3 is 14.8 Å². The van der Waals surface area contributed by atoms with Gasteiger partial charge in [-0.3, -0.25) is 14.2 Å². The predicted molar refractivity (Wildman–Crippen MR) is 98.9 cm³/mol. The molecule has 0 bridgehead atoms. The monoisotopic (exact) mass is 389 g/mol. The number of ether oxygens (including phenoxy) is 2. The number of nitrogens with one attached hydrogen (secondary N) is 1. The largest absolute Gasteiger partial charge is 0.493 e. The molecule has 2 aromatic carbocycles. The quantitative estimate of drug-likeness (QED) is 0.672. The number of fused-ring (bicyclic) bond motifs is 1. The summed E-state index contributed by atoms with van der Waals surface area (Å²) in [4.78, 5) is 28.8. The van der Waals surface area contributed by atoms with Crippen LogP contribution in [0.25, 0.3) is 10.9 Å². The number of aromatic nitrogens is 2. The van der Waals surface area contributed by atoms with E-state index < -0.39 is 12.5 Å². The van der Waals surface area contributed by atoms with Crippen molar-refractivity contribution in [3.63, 3.8) is 0 Å². The third-order valence-electron chi connectivity index (χ3n) is 3.97. The highest BCUT2D eigenvalue weighted by atomic mass is 19.3. The standard InChI is InChI=1S/C19H17F2N3O4/c1-27-15-7-6-12(10-16(15)28-19(20)21)23-17(25)8-9-24-11-22-14-5-3-2-4-13(14)18(24)26/h2-7,10-11,19H,8-9H2,1H3,(H,23,25). The average molecular weight is 389 g/mol. The van der Waals surface area contributed by atoms with Crippen molar-refractivity contribution in [2.24, 2.45) is 0 Å². The Morgan fingerprint density at radius 1 is 1.21 bits per heavy atom. The lowest BCUT2D eigenvalue weighted by Gasteiger charge is -2.12. The molecule has 0 aliphatic carbocycles. The van der Waals surface area contributed by atoms with Crippen LogP contribution in [-0.4, -0.2) is 29.2 Å². The molecule has 146 valence electrons. The van der Waals surface area contributed by atoms with Gasteiger partial charge in [0.15, 0.2) is 11.5 Å². The first kappa shape index (κ1) is 19.3. The average Bonchev–Trinajstić information content (AvgIpc) is 2.67. The third kappa shape index (κ3) is 4.43. The maximum absolute atomic E-state index is 12.5. The van der Waals surface area contributed by atoms with Crippen LogP contribution in [0.3, 0.4) is 0 Å². The number of amides is 1. The molecule has 7 nitrogen and oxygen atoms in total. The zero-order valence-electron chi connectivity index (χ0n) is 14.9. The van der Waals surface area contributed by atoms with Gasteiger partial charge in [-0.1, -0.05) is 12.1 Å². The molecule has 1 N–H and O–H groups in total. The Morgan fingerprint density at radius 3 is 2.75 bits per heavy atom. The van der Waals surface area contributed by atoms with E-state index in [0.29, 0.717) is 10.9 Å². The van der Waals surface area contributed by atoms with E-state index in [0.717, 1.165) is 0 Å². The summed E-state index contributed by atoms with van der Waals surface area (Å²) >= 11 is 0. The van der Waals surface area contributed by atoms with Crippen molar-refractivity contribution in [2.45, 2.75) is 19.6 Å². The Balaban J connectivity index is 1.68. The van der Waals surface area contributed by atoms with Crippen molar-refractivity contribution in [2.75, 3.05) is 12.4 Å². The van der Waals surface area contributed by atoms with E-state index >= 15 is 0 Å². The van der Waals surface area contributed by atoms with Gasteiger partial charge >= 0.3 is 6.61 Å². The minimum absolute atomic E-state index is 0.00298. The fourth-order valence-electron chi connectivity index (χ4n) is 2.65. The van der Waals surface area contributed by atoms with Crippen molar-refractivity contribution in [3.8, 4) is 11.5 Å². The highest BCUT2D eigenvalue weighted by molar-refractivity contribution is 5.91. The van der Waals surface area contributed by atoms with Gasteiger partial charge in [-0.05, 0) is 24.3 Å². The molecule has 1 aromatic heterocycles. The van der Waals surface area contributed by atoms with Crippen molar-refractivity contribution in [3.05, 3.63) is 59.1 Å². The number of benzene rings is 2. The summed E-state index contributed by atoms with van der Waals surface area (Å²) in [6, 6.07) is 11.1. The SMILES string of the molecule is COc1ccc(NC(=O)CCn2cnc3ccccc3c2=O)cc1OC(F)F. The first-order valence-electron chi connectivity index (χ1n) is 8.35. The van der Waals surface area contributed by atoms with E-state index in [9.17, 15) is 18.4 Å². The van der Waals surface area contributed by atoms with Crippen LogP contribution in [-0.2, 0) is 11.3 Å². The second-order valence-electron chi connectivity index (χ2n) is 5.80.